The van der Waals surface area contributed by atoms with E-state index in [1.54, 1.807) is 0 Å². The zero-order valence-corrected chi connectivity index (χ0v) is 17.1. The number of carbonyl (C=O) groups is 1. The van der Waals surface area contributed by atoms with Gasteiger partial charge in [0.2, 0.25) is 5.71 Å². The van der Waals surface area contributed by atoms with Crippen molar-refractivity contribution in [1.82, 2.24) is 15.3 Å². The molecule has 0 unspecified atom stereocenters. The molecule has 0 saturated carbocycles. The number of nitrogens with one attached hydrogen (secondary N) is 3. The van der Waals surface area contributed by atoms with E-state index in [0.29, 0.717) is 12.2 Å². The van der Waals surface area contributed by atoms with E-state index in [9.17, 15) is 10.1 Å². The molecule has 0 fully saturated rings. The number of rotatable bonds is 10. The van der Waals surface area contributed by atoms with Gasteiger partial charge in [-0.2, -0.15) is 10.4 Å². The van der Waals surface area contributed by atoms with Crippen LogP contribution in [0.1, 0.15) is 39.0 Å². The van der Waals surface area contributed by atoms with Crippen LogP contribution in [0.4, 0.5) is 5.69 Å². The molecule has 0 radical (unpaired) electrons. The number of nitriles is 1. The number of imidazole rings is 1. The molecule has 1 heterocycles. The number of hydrazone groups is 1. The Morgan fingerprint density at radius 2 is 1.93 bits per heavy atom. The Bertz CT molecular complexity index is 1050. The van der Waals surface area contributed by atoms with E-state index >= 15 is 0 Å². The highest BCUT2D eigenvalue weighted by molar-refractivity contribution is 6.45. The molecule has 0 aliphatic heterocycles. The number of unbranched alkanes of at least 4 members (excludes halogenated alkanes) is 4. The second-order valence-corrected chi connectivity index (χ2v) is 7.04. The van der Waals surface area contributed by atoms with Gasteiger partial charge in [0, 0.05) is 12.1 Å². The minimum Gasteiger partial charge on any atom is -0.350 e. The summed E-state index contributed by atoms with van der Waals surface area (Å²) in [6.45, 7) is 2.71. The van der Waals surface area contributed by atoms with Crippen LogP contribution >= 0.6 is 0 Å². The molecule has 0 aliphatic carbocycles. The zero-order valence-electron chi connectivity index (χ0n) is 17.1. The van der Waals surface area contributed by atoms with Crippen LogP contribution in [0.25, 0.3) is 22.4 Å². The average molecular weight is 403 g/mol. The minimum absolute atomic E-state index is 0.196. The summed E-state index contributed by atoms with van der Waals surface area (Å²) in [4.78, 5) is 20.0. The van der Waals surface area contributed by atoms with Crippen LogP contribution in [0.15, 0.2) is 53.6 Å². The molecule has 2 aromatic carbocycles. The van der Waals surface area contributed by atoms with E-state index in [2.05, 4.69) is 32.7 Å². The SMILES string of the molecule is CCCCCCCNC(=O)C(C#N)=NNc1ccc2nc(-c3ccccc3)[nH]c2c1. The lowest BCUT2D eigenvalue weighted by Gasteiger charge is -2.04. The quantitative estimate of drug-likeness (QED) is 0.262. The Morgan fingerprint density at radius 1 is 1.13 bits per heavy atom. The van der Waals surface area contributed by atoms with Crippen LogP contribution in [0.2, 0.25) is 0 Å². The lowest BCUT2D eigenvalue weighted by atomic mass is 10.1. The molecule has 3 rings (SSSR count). The highest BCUT2D eigenvalue weighted by Gasteiger charge is 2.10. The first kappa shape index (κ1) is 21.1. The lowest BCUT2D eigenvalue weighted by Crippen LogP contribution is -2.31. The third-order valence-electron chi connectivity index (χ3n) is 4.71. The normalized spacial score (nSPS) is 11.3. The van der Waals surface area contributed by atoms with E-state index in [1.807, 2.05) is 54.6 Å². The van der Waals surface area contributed by atoms with Gasteiger partial charge in [-0.3, -0.25) is 10.2 Å². The van der Waals surface area contributed by atoms with Crippen molar-refractivity contribution in [2.45, 2.75) is 39.0 Å². The fourth-order valence-electron chi connectivity index (χ4n) is 3.07. The van der Waals surface area contributed by atoms with Crippen molar-refractivity contribution in [2.75, 3.05) is 12.0 Å². The predicted molar refractivity (Wildman–Crippen MR) is 120 cm³/mol. The Balaban J connectivity index is 1.61. The second-order valence-electron chi connectivity index (χ2n) is 7.04. The monoisotopic (exact) mass is 402 g/mol. The molecule has 3 N–H and O–H groups in total. The van der Waals surface area contributed by atoms with Gasteiger partial charge in [-0.05, 0) is 24.6 Å². The van der Waals surface area contributed by atoms with Crippen molar-refractivity contribution in [1.29, 1.82) is 5.26 Å². The molecule has 154 valence electrons. The average Bonchev–Trinajstić information content (AvgIpc) is 3.20. The predicted octanol–water partition coefficient (Wildman–Crippen LogP) is 4.61. The smallest absolute Gasteiger partial charge is 0.282 e. The maximum Gasteiger partial charge on any atom is 0.282 e. The third-order valence-corrected chi connectivity index (χ3v) is 4.71. The van der Waals surface area contributed by atoms with Crippen molar-refractivity contribution in [3.8, 4) is 17.5 Å². The Hall–Kier alpha value is -3.66. The number of aromatic amines is 1. The summed E-state index contributed by atoms with van der Waals surface area (Å²) in [5.74, 6) is 0.316. The summed E-state index contributed by atoms with van der Waals surface area (Å²) in [7, 11) is 0. The van der Waals surface area contributed by atoms with Crippen molar-refractivity contribution in [2.24, 2.45) is 5.10 Å². The molecule has 7 heteroatoms. The van der Waals surface area contributed by atoms with Crippen LogP contribution in [-0.4, -0.2) is 28.1 Å². The number of fused-ring (bicyclic) bond motifs is 1. The number of anilines is 1. The highest BCUT2D eigenvalue weighted by atomic mass is 16.1. The fourth-order valence-corrected chi connectivity index (χ4v) is 3.07. The van der Waals surface area contributed by atoms with Crippen molar-refractivity contribution >= 4 is 28.3 Å². The first-order chi connectivity index (χ1) is 14.7. The van der Waals surface area contributed by atoms with Gasteiger partial charge in [0.15, 0.2) is 0 Å². The van der Waals surface area contributed by atoms with Crippen LogP contribution in [-0.2, 0) is 4.79 Å². The Morgan fingerprint density at radius 3 is 2.70 bits per heavy atom. The molecule has 7 nitrogen and oxygen atoms in total. The molecular formula is C23H26N6O. The zero-order chi connectivity index (χ0) is 21.2. The van der Waals surface area contributed by atoms with Gasteiger partial charge in [-0.25, -0.2) is 4.98 Å². The fraction of sp³-hybridized carbons (Fsp3) is 0.304. The molecule has 0 spiro atoms. The van der Waals surface area contributed by atoms with Gasteiger partial charge < -0.3 is 10.3 Å². The molecule has 0 aliphatic rings. The van der Waals surface area contributed by atoms with Crippen LogP contribution in [0.5, 0.6) is 0 Å². The van der Waals surface area contributed by atoms with E-state index in [0.717, 1.165) is 41.7 Å². The van der Waals surface area contributed by atoms with Gasteiger partial charge >= 0.3 is 0 Å². The Labute approximate surface area is 176 Å². The van der Waals surface area contributed by atoms with E-state index in [4.69, 9.17) is 0 Å². The topological polar surface area (TPSA) is 106 Å². The van der Waals surface area contributed by atoms with Crippen LogP contribution < -0.4 is 10.7 Å². The van der Waals surface area contributed by atoms with E-state index in [1.165, 1.54) is 12.8 Å². The number of hydrogen-bond donors (Lipinski definition) is 3. The number of amides is 1. The molecule has 0 atom stereocenters. The molecule has 0 saturated heterocycles. The summed E-state index contributed by atoms with van der Waals surface area (Å²) in [5, 5.41) is 16.0. The summed E-state index contributed by atoms with van der Waals surface area (Å²) in [6.07, 6.45) is 5.52. The number of benzene rings is 2. The van der Waals surface area contributed by atoms with Crippen molar-refractivity contribution in [3.05, 3.63) is 48.5 Å². The maximum absolute atomic E-state index is 12.1. The van der Waals surface area contributed by atoms with E-state index < -0.39 is 5.91 Å². The molecule has 1 amide bonds. The van der Waals surface area contributed by atoms with Gasteiger partial charge in [-0.15, -0.1) is 0 Å². The highest BCUT2D eigenvalue weighted by Crippen LogP contribution is 2.22. The van der Waals surface area contributed by atoms with Crippen LogP contribution in [0, 0.1) is 11.3 Å². The molecular weight excluding hydrogens is 376 g/mol. The number of carbonyl (C=O) groups excluding carboxylic acids is 1. The summed E-state index contributed by atoms with van der Waals surface area (Å²) < 4.78 is 0. The minimum atomic E-state index is -0.463. The van der Waals surface area contributed by atoms with Gasteiger partial charge in [0.25, 0.3) is 5.91 Å². The summed E-state index contributed by atoms with van der Waals surface area (Å²) in [6, 6.07) is 17.2. The van der Waals surface area contributed by atoms with Crippen molar-refractivity contribution in [3.63, 3.8) is 0 Å². The number of hydrogen-bond acceptors (Lipinski definition) is 5. The lowest BCUT2D eigenvalue weighted by molar-refractivity contribution is -0.114. The molecule has 0 bridgehead atoms. The standard InChI is InChI=1S/C23H26N6O/c1-2-3-4-5-9-14-25-23(30)21(16-24)29-28-18-12-13-19-20(15-18)27-22(26-19)17-10-7-6-8-11-17/h6-8,10-13,15,28H,2-5,9,14H2,1H3,(H,25,30)(H,26,27). The van der Waals surface area contributed by atoms with Crippen LogP contribution in [0.3, 0.4) is 0 Å². The van der Waals surface area contributed by atoms with Gasteiger partial charge in [0.1, 0.15) is 11.9 Å². The number of nitrogens with zero attached hydrogens (tertiary/aromatic N) is 3. The summed E-state index contributed by atoms with van der Waals surface area (Å²) >= 11 is 0. The van der Waals surface area contributed by atoms with E-state index in [-0.39, 0.29) is 5.71 Å². The van der Waals surface area contributed by atoms with Gasteiger partial charge in [0.05, 0.1) is 16.7 Å². The Kier molecular flexibility index (Phi) is 7.56. The molecule has 1 aromatic heterocycles. The largest absolute Gasteiger partial charge is 0.350 e. The first-order valence-electron chi connectivity index (χ1n) is 10.3. The van der Waals surface area contributed by atoms with Crippen molar-refractivity contribution < 1.29 is 4.79 Å². The van der Waals surface area contributed by atoms with Gasteiger partial charge in [-0.1, -0.05) is 62.9 Å². The number of aromatic nitrogens is 2. The molecule has 30 heavy (non-hydrogen) atoms. The third kappa shape index (κ3) is 5.67. The second kappa shape index (κ2) is 10.8. The maximum atomic E-state index is 12.1. The number of H-pyrrole nitrogens is 1. The summed E-state index contributed by atoms with van der Waals surface area (Å²) in [5.41, 5.74) is 5.92. The first-order valence-corrected chi connectivity index (χ1v) is 10.3. The molecule has 3 aromatic rings.